The summed E-state index contributed by atoms with van der Waals surface area (Å²) in [5.74, 6) is 1.20. The highest BCUT2D eigenvalue weighted by molar-refractivity contribution is 5.85. The molecule has 2 N–H and O–H groups in total. The maximum absolute atomic E-state index is 9.40. The van der Waals surface area contributed by atoms with E-state index in [4.69, 9.17) is 0 Å². The van der Waals surface area contributed by atoms with Crippen molar-refractivity contribution in [1.82, 2.24) is 9.97 Å². The number of rotatable bonds is 2. The molecule has 3 nitrogen and oxygen atoms in total. The van der Waals surface area contributed by atoms with Crippen LogP contribution in [-0.2, 0) is 6.42 Å². The van der Waals surface area contributed by atoms with Crippen molar-refractivity contribution in [2.75, 3.05) is 0 Å². The normalized spacial score (nSPS) is 10.2. The second-order valence-electron chi connectivity index (χ2n) is 4.05. The monoisotopic (exact) mass is 260 g/mol. The summed E-state index contributed by atoms with van der Waals surface area (Å²) in [6.07, 6.45) is 0.698. The Morgan fingerprint density at radius 3 is 2.67 bits per heavy atom. The molecule has 0 bridgehead atoms. The van der Waals surface area contributed by atoms with E-state index in [-0.39, 0.29) is 12.4 Å². The van der Waals surface area contributed by atoms with Crippen molar-refractivity contribution in [2.24, 2.45) is 0 Å². The van der Waals surface area contributed by atoms with Crippen LogP contribution in [-0.4, -0.2) is 15.1 Å². The van der Waals surface area contributed by atoms with Gasteiger partial charge in [-0.2, -0.15) is 0 Å². The van der Waals surface area contributed by atoms with Gasteiger partial charge < -0.3 is 10.1 Å². The molecular weight excluding hydrogens is 248 g/mol. The Labute approximate surface area is 111 Å². The lowest BCUT2D eigenvalue weighted by atomic mass is 10.1. The van der Waals surface area contributed by atoms with Gasteiger partial charge in [-0.15, -0.1) is 12.4 Å². The van der Waals surface area contributed by atoms with Gasteiger partial charge in [-0.25, -0.2) is 4.98 Å². The molecule has 0 saturated heterocycles. The Kier molecular flexibility index (Phi) is 3.53. The molecule has 1 aromatic heterocycles. The fraction of sp³-hybridized carbons (Fsp3) is 0.0714. The fourth-order valence-electron chi connectivity index (χ4n) is 1.95. The Morgan fingerprint density at radius 1 is 1.06 bits per heavy atom. The minimum atomic E-state index is 0. The number of imidazole rings is 1. The lowest BCUT2D eigenvalue weighted by molar-refractivity contribution is 0.474. The van der Waals surface area contributed by atoms with Crippen molar-refractivity contribution in [3.05, 3.63) is 59.9 Å². The van der Waals surface area contributed by atoms with Gasteiger partial charge in [-0.05, 0) is 29.8 Å². The summed E-state index contributed by atoms with van der Waals surface area (Å²) in [6.45, 7) is 0. The number of phenols is 1. The zero-order valence-corrected chi connectivity index (χ0v) is 10.4. The number of nitrogens with one attached hydrogen (secondary N) is 1. The van der Waals surface area contributed by atoms with Crippen molar-refractivity contribution in [2.45, 2.75) is 6.42 Å². The SMILES string of the molecule is Cl.Oc1cccc(Cc2nc3ccccc3[nH]2)c1. The number of phenolic OH excluding ortho intramolecular Hbond substituents is 1. The molecule has 1 heterocycles. The van der Waals surface area contributed by atoms with Gasteiger partial charge in [-0.1, -0.05) is 24.3 Å². The number of halogens is 1. The average Bonchev–Trinajstić information content (AvgIpc) is 2.71. The minimum Gasteiger partial charge on any atom is -0.508 e. The summed E-state index contributed by atoms with van der Waals surface area (Å²) in [5, 5.41) is 9.40. The van der Waals surface area contributed by atoms with Crippen molar-refractivity contribution in [3.8, 4) is 5.75 Å². The number of H-pyrrole nitrogens is 1. The van der Waals surface area contributed by atoms with Crippen LogP contribution in [0.1, 0.15) is 11.4 Å². The highest BCUT2D eigenvalue weighted by atomic mass is 35.5. The van der Waals surface area contributed by atoms with Crippen LogP contribution < -0.4 is 0 Å². The summed E-state index contributed by atoms with van der Waals surface area (Å²) >= 11 is 0. The zero-order chi connectivity index (χ0) is 11.7. The van der Waals surface area contributed by atoms with Crippen LogP contribution in [0.25, 0.3) is 11.0 Å². The number of nitrogens with zero attached hydrogens (tertiary/aromatic N) is 1. The lowest BCUT2D eigenvalue weighted by Crippen LogP contribution is -1.89. The Balaban J connectivity index is 0.00000120. The largest absolute Gasteiger partial charge is 0.508 e. The van der Waals surface area contributed by atoms with E-state index in [2.05, 4.69) is 9.97 Å². The molecule has 0 fully saturated rings. The van der Waals surface area contributed by atoms with Gasteiger partial charge in [0.15, 0.2) is 0 Å². The first-order valence-corrected chi connectivity index (χ1v) is 5.53. The molecule has 0 unspecified atom stereocenters. The lowest BCUT2D eigenvalue weighted by Gasteiger charge is -1.98. The predicted octanol–water partition coefficient (Wildman–Crippen LogP) is 3.28. The Hall–Kier alpha value is -2.00. The van der Waals surface area contributed by atoms with E-state index in [1.165, 1.54) is 0 Å². The van der Waals surface area contributed by atoms with Crippen LogP contribution in [0.4, 0.5) is 0 Å². The second kappa shape index (κ2) is 5.10. The van der Waals surface area contributed by atoms with Crippen LogP contribution in [0, 0.1) is 0 Å². The third-order valence-electron chi connectivity index (χ3n) is 2.72. The molecule has 0 aliphatic rings. The van der Waals surface area contributed by atoms with Crippen molar-refractivity contribution in [3.63, 3.8) is 0 Å². The van der Waals surface area contributed by atoms with Gasteiger partial charge in [0, 0.05) is 6.42 Å². The third-order valence-corrected chi connectivity index (χ3v) is 2.72. The average molecular weight is 261 g/mol. The molecule has 3 rings (SSSR count). The topological polar surface area (TPSA) is 48.9 Å². The number of aromatic hydroxyl groups is 1. The minimum absolute atomic E-state index is 0. The molecule has 0 amide bonds. The quantitative estimate of drug-likeness (QED) is 0.743. The Morgan fingerprint density at radius 2 is 1.89 bits per heavy atom. The van der Waals surface area contributed by atoms with E-state index in [0.717, 1.165) is 22.4 Å². The van der Waals surface area contributed by atoms with E-state index in [1.807, 2.05) is 36.4 Å². The van der Waals surface area contributed by atoms with Gasteiger partial charge in [0.25, 0.3) is 0 Å². The molecule has 0 radical (unpaired) electrons. The standard InChI is InChI=1S/C14H12N2O.ClH/c17-11-5-3-4-10(8-11)9-14-15-12-6-1-2-7-13(12)16-14;/h1-8,17H,9H2,(H,15,16);1H. The van der Waals surface area contributed by atoms with Gasteiger partial charge in [0.05, 0.1) is 11.0 Å². The number of aromatic nitrogens is 2. The summed E-state index contributed by atoms with van der Waals surface area (Å²) in [4.78, 5) is 7.77. The number of hydrogen-bond acceptors (Lipinski definition) is 2. The molecule has 0 spiro atoms. The predicted molar refractivity (Wildman–Crippen MR) is 74.3 cm³/mol. The van der Waals surface area contributed by atoms with Gasteiger partial charge in [-0.3, -0.25) is 0 Å². The fourth-order valence-corrected chi connectivity index (χ4v) is 1.95. The number of aromatic amines is 1. The molecule has 4 heteroatoms. The van der Waals surface area contributed by atoms with Gasteiger partial charge >= 0.3 is 0 Å². The van der Waals surface area contributed by atoms with Crippen LogP contribution in [0.3, 0.4) is 0 Å². The highest BCUT2D eigenvalue weighted by Gasteiger charge is 2.03. The molecule has 92 valence electrons. The van der Waals surface area contributed by atoms with Crippen LogP contribution >= 0.6 is 12.4 Å². The van der Waals surface area contributed by atoms with E-state index in [9.17, 15) is 5.11 Å². The van der Waals surface area contributed by atoms with E-state index < -0.39 is 0 Å². The first-order valence-electron chi connectivity index (χ1n) is 5.53. The van der Waals surface area contributed by atoms with Crippen LogP contribution in [0.15, 0.2) is 48.5 Å². The van der Waals surface area contributed by atoms with E-state index in [0.29, 0.717) is 12.2 Å². The van der Waals surface area contributed by atoms with Crippen molar-refractivity contribution >= 4 is 23.4 Å². The first-order chi connectivity index (χ1) is 8.31. The summed E-state index contributed by atoms with van der Waals surface area (Å²) < 4.78 is 0. The Bertz CT molecular complexity index is 630. The van der Waals surface area contributed by atoms with Gasteiger partial charge in [0.2, 0.25) is 0 Å². The zero-order valence-electron chi connectivity index (χ0n) is 9.63. The van der Waals surface area contributed by atoms with Crippen molar-refractivity contribution in [1.29, 1.82) is 0 Å². The van der Waals surface area contributed by atoms with E-state index in [1.54, 1.807) is 12.1 Å². The van der Waals surface area contributed by atoms with Crippen molar-refractivity contribution < 1.29 is 5.11 Å². The number of hydrogen-bond donors (Lipinski definition) is 2. The van der Waals surface area contributed by atoms with Gasteiger partial charge in [0.1, 0.15) is 11.6 Å². The molecular formula is C14H13ClN2O. The molecule has 0 aliphatic carbocycles. The molecule has 18 heavy (non-hydrogen) atoms. The molecule has 2 aromatic carbocycles. The third kappa shape index (κ3) is 2.46. The summed E-state index contributed by atoms with van der Waals surface area (Å²) in [5.41, 5.74) is 3.06. The highest BCUT2D eigenvalue weighted by Crippen LogP contribution is 2.16. The number of para-hydroxylation sites is 2. The summed E-state index contributed by atoms with van der Waals surface area (Å²) in [6, 6.07) is 15.2. The number of benzene rings is 2. The smallest absolute Gasteiger partial charge is 0.115 e. The second-order valence-corrected chi connectivity index (χ2v) is 4.05. The maximum atomic E-state index is 9.40. The van der Waals surface area contributed by atoms with E-state index >= 15 is 0 Å². The van der Waals surface area contributed by atoms with Crippen LogP contribution in [0.5, 0.6) is 5.75 Å². The molecule has 0 saturated carbocycles. The number of fused-ring (bicyclic) bond motifs is 1. The maximum Gasteiger partial charge on any atom is 0.115 e. The first kappa shape index (κ1) is 12.5. The molecule has 3 aromatic rings. The van der Waals surface area contributed by atoms with Crippen LogP contribution in [0.2, 0.25) is 0 Å². The molecule has 0 atom stereocenters. The molecule has 0 aliphatic heterocycles. The summed E-state index contributed by atoms with van der Waals surface area (Å²) in [7, 11) is 0.